The Hall–Kier alpha value is -1.62. The van der Waals surface area contributed by atoms with Gasteiger partial charge in [0.15, 0.2) is 5.69 Å². The van der Waals surface area contributed by atoms with Crippen molar-refractivity contribution in [3.05, 3.63) is 24.0 Å². The summed E-state index contributed by atoms with van der Waals surface area (Å²) >= 11 is 0. The molecule has 1 aliphatic heterocycles. The van der Waals surface area contributed by atoms with E-state index in [0.29, 0.717) is 12.5 Å². The van der Waals surface area contributed by atoms with Gasteiger partial charge in [0.25, 0.3) is 5.91 Å². The number of hydrogen-bond acceptors (Lipinski definition) is 4. The molecule has 18 heavy (non-hydrogen) atoms. The molecule has 2 N–H and O–H groups in total. The van der Waals surface area contributed by atoms with Crippen molar-refractivity contribution >= 4 is 5.91 Å². The van der Waals surface area contributed by atoms with E-state index in [9.17, 15) is 9.90 Å². The van der Waals surface area contributed by atoms with Gasteiger partial charge in [-0.2, -0.15) is 0 Å². The third-order valence-corrected chi connectivity index (χ3v) is 3.28. The van der Waals surface area contributed by atoms with Crippen LogP contribution in [0.1, 0.15) is 30.3 Å². The van der Waals surface area contributed by atoms with E-state index in [1.165, 1.54) is 12.3 Å². The molecule has 0 radical (unpaired) electrons. The van der Waals surface area contributed by atoms with Crippen molar-refractivity contribution in [1.29, 1.82) is 0 Å². The van der Waals surface area contributed by atoms with Crippen LogP contribution >= 0.6 is 0 Å². The lowest BCUT2D eigenvalue weighted by Gasteiger charge is -2.17. The van der Waals surface area contributed by atoms with E-state index in [-0.39, 0.29) is 23.5 Å². The number of aromatic hydroxyl groups is 1. The normalized spacial score (nSPS) is 22.9. The van der Waals surface area contributed by atoms with Crippen LogP contribution < -0.4 is 5.32 Å². The SMILES string of the molecule is CCC1OCCC1CNC(=O)c1ncccc1O. The number of rotatable bonds is 4. The number of hydrogen-bond donors (Lipinski definition) is 2. The molecule has 1 aromatic heterocycles. The smallest absolute Gasteiger partial charge is 0.273 e. The highest BCUT2D eigenvalue weighted by Crippen LogP contribution is 2.22. The minimum Gasteiger partial charge on any atom is -0.505 e. The first-order valence-electron chi connectivity index (χ1n) is 6.26. The fourth-order valence-corrected chi connectivity index (χ4v) is 2.26. The number of carbonyl (C=O) groups excluding carboxylic acids is 1. The Kier molecular flexibility index (Phi) is 4.15. The topological polar surface area (TPSA) is 71.5 Å². The molecule has 1 saturated heterocycles. The van der Waals surface area contributed by atoms with Gasteiger partial charge in [0, 0.05) is 25.3 Å². The average molecular weight is 250 g/mol. The van der Waals surface area contributed by atoms with Crippen LogP contribution in [0.5, 0.6) is 5.75 Å². The lowest BCUT2D eigenvalue weighted by Crippen LogP contribution is -2.33. The molecule has 0 spiro atoms. The molecule has 1 fully saturated rings. The second kappa shape index (κ2) is 5.82. The maximum atomic E-state index is 11.8. The summed E-state index contributed by atoms with van der Waals surface area (Å²) in [5, 5.41) is 12.3. The lowest BCUT2D eigenvalue weighted by molar-refractivity contribution is 0.0824. The van der Waals surface area contributed by atoms with Gasteiger partial charge in [-0.3, -0.25) is 4.79 Å². The first-order chi connectivity index (χ1) is 8.72. The summed E-state index contributed by atoms with van der Waals surface area (Å²) in [6, 6.07) is 3.04. The van der Waals surface area contributed by atoms with E-state index in [2.05, 4.69) is 17.2 Å². The number of carbonyl (C=O) groups is 1. The number of pyridine rings is 1. The standard InChI is InChI=1S/C13H18N2O3/c1-2-11-9(5-7-18-11)8-15-13(17)12-10(16)4-3-6-14-12/h3-4,6,9,11,16H,2,5,7-8H2,1H3,(H,15,17). The molecule has 0 aliphatic carbocycles. The van der Waals surface area contributed by atoms with E-state index >= 15 is 0 Å². The van der Waals surface area contributed by atoms with Gasteiger partial charge in [0.05, 0.1) is 6.10 Å². The summed E-state index contributed by atoms with van der Waals surface area (Å²) in [7, 11) is 0. The third-order valence-electron chi connectivity index (χ3n) is 3.28. The molecule has 5 nitrogen and oxygen atoms in total. The lowest BCUT2D eigenvalue weighted by atomic mass is 10.00. The van der Waals surface area contributed by atoms with Crippen LogP contribution in [0.25, 0.3) is 0 Å². The summed E-state index contributed by atoms with van der Waals surface area (Å²) in [6.45, 7) is 3.40. The molecule has 5 heteroatoms. The zero-order valence-corrected chi connectivity index (χ0v) is 10.4. The Morgan fingerprint density at radius 2 is 2.50 bits per heavy atom. The molecular formula is C13H18N2O3. The summed E-state index contributed by atoms with van der Waals surface area (Å²) in [4.78, 5) is 15.7. The van der Waals surface area contributed by atoms with Gasteiger partial charge in [-0.15, -0.1) is 0 Å². The van der Waals surface area contributed by atoms with Gasteiger partial charge in [0.2, 0.25) is 0 Å². The molecule has 2 rings (SSSR count). The van der Waals surface area contributed by atoms with Crippen LogP contribution in [0, 0.1) is 5.92 Å². The number of aromatic nitrogens is 1. The number of nitrogens with one attached hydrogen (secondary N) is 1. The highest BCUT2D eigenvalue weighted by molar-refractivity contribution is 5.94. The minimum absolute atomic E-state index is 0.0736. The predicted octanol–water partition coefficient (Wildman–Crippen LogP) is 1.33. The average Bonchev–Trinajstić information content (AvgIpc) is 2.84. The van der Waals surface area contributed by atoms with E-state index < -0.39 is 0 Å². The molecule has 0 saturated carbocycles. The fourth-order valence-electron chi connectivity index (χ4n) is 2.26. The molecule has 2 unspecified atom stereocenters. The Balaban J connectivity index is 1.91. The molecule has 2 atom stereocenters. The molecule has 0 bridgehead atoms. The first kappa shape index (κ1) is 12.8. The zero-order valence-electron chi connectivity index (χ0n) is 10.4. The van der Waals surface area contributed by atoms with E-state index in [1.54, 1.807) is 6.07 Å². The molecule has 1 aliphatic rings. The maximum Gasteiger partial charge on any atom is 0.273 e. The third kappa shape index (κ3) is 2.79. The fraction of sp³-hybridized carbons (Fsp3) is 0.538. The van der Waals surface area contributed by atoms with Gasteiger partial charge in [-0.25, -0.2) is 4.98 Å². The summed E-state index contributed by atoms with van der Waals surface area (Å²) in [5.41, 5.74) is 0.0736. The second-order valence-corrected chi connectivity index (χ2v) is 4.45. The Morgan fingerprint density at radius 1 is 1.67 bits per heavy atom. The highest BCUT2D eigenvalue weighted by Gasteiger charge is 2.27. The van der Waals surface area contributed by atoms with Gasteiger partial charge in [-0.05, 0) is 25.0 Å². The zero-order chi connectivity index (χ0) is 13.0. The van der Waals surface area contributed by atoms with Gasteiger partial charge in [-0.1, -0.05) is 6.92 Å². The van der Waals surface area contributed by atoms with Crippen molar-refractivity contribution in [2.75, 3.05) is 13.2 Å². The van der Waals surface area contributed by atoms with Crippen LogP contribution in [0.4, 0.5) is 0 Å². The van der Waals surface area contributed by atoms with Crippen LogP contribution in [-0.4, -0.2) is 35.3 Å². The van der Waals surface area contributed by atoms with E-state index in [4.69, 9.17) is 4.74 Å². The van der Waals surface area contributed by atoms with Gasteiger partial charge < -0.3 is 15.2 Å². The van der Waals surface area contributed by atoms with Crippen molar-refractivity contribution < 1.29 is 14.6 Å². The maximum absolute atomic E-state index is 11.8. The van der Waals surface area contributed by atoms with Crippen LogP contribution in [0.3, 0.4) is 0 Å². The quantitative estimate of drug-likeness (QED) is 0.845. The molecule has 98 valence electrons. The number of nitrogens with zero attached hydrogens (tertiary/aromatic N) is 1. The minimum atomic E-state index is -0.338. The Labute approximate surface area is 106 Å². The Bertz CT molecular complexity index is 422. The first-order valence-corrected chi connectivity index (χ1v) is 6.26. The van der Waals surface area contributed by atoms with Crippen molar-refractivity contribution in [3.63, 3.8) is 0 Å². The molecule has 1 aromatic rings. The van der Waals surface area contributed by atoms with E-state index in [0.717, 1.165) is 19.4 Å². The number of amides is 1. The predicted molar refractivity (Wildman–Crippen MR) is 66.4 cm³/mol. The largest absolute Gasteiger partial charge is 0.505 e. The van der Waals surface area contributed by atoms with Crippen LogP contribution in [-0.2, 0) is 4.74 Å². The van der Waals surface area contributed by atoms with Crippen LogP contribution in [0.2, 0.25) is 0 Å². The van der Waals surface area contributed by atoms with Crippen LogP contribution in [0.15, 0.2) is 18.3 Å². The molecule has 2 heterocycles. The highest BCUT2D eigenvalue weighted by atomic mass is 16.5. The Morgan fingerprint density at radius 3 is 3.22 bits per heavy atom. The molecule has 1 amide bonds. The monoisotopic (exact) mass is 250 g/mol. The second-order valence-electron chi connectivity index (χ2n) is 4.45. The van der Waals surface area contributed by atoms with Gasteiger partial charge in [0.1, 0.15) is 5.75 Å². The van der Waals surface area contributed by atoms with Crippen molar-refractivity contribution in [3.8, 4) is 5.75 Å². The molecular weight excluding hydrogens is 232 g/mol. The summed E-state index contributed by atoms with van der Waals surface area (Å²) in [5.74, 6) is -0.0793. The van der Waals surface area contributed by atoms with E-state index in [1.807, 2.05) is 0 Å². The summed E-state index contributed by atoms with van der Waals surface area (Å²) in [6.07, 6.45) is 3.63. The molecule has 0 aromatic carbocycles. The number of ether oxygens (including phenoxy) is 1. The van der Waals surface area contributed by atoms with Crippen molar-refractivity contribution in [1.82, 2.24) is 10.3 Å². The summed E-state index contributed by atoms with van der Waals surface area (Å²) < 4.78 is 5.56. The van der Waals surface area contributed by atoms with Crippen molar-refractivity contribution in [2.24, 2.45) is 5.92 Å². The van der Waals surface area contributed by atoms with Crippen molar-refractivity contribution in [2.45, 2.75) is 25.9 Å². The van der Waals surface area contributed by atoms with Gasteiger partial charge >= 0.3 is 0 Å².